The molecule has 3 N–H and O–H groups in total. The van der Waals surface area contributed by atoms with E-state index in [2.05, 4.69) is 13.8 Å². The van der Waals surface area contributed by atoms with Crippen molar-refractivity contribution in [2.45, 2.75) is 167 Å². The molecule has 0 unspecified atom stereocenters. The van der Waals surface area contributed by atoms with E-state index in [-0.39, 0.29) is 55.6 Å². The van der Waals surface area contributed by atoms with E-state index < -0.39 is 18.3 Å². The summed E-state index contributed by atoms with van der Waals surface area (Å²) in [5, 5.41) is 30.1. The van der Waals surface area contributed by atoms with Gasteiger partial charge in [-0.25, -0.2) is 0 Å². The third-order valence-electron chi connectivity index (χ3n) is 8.47. The Morgan fingerprint density at radius 1 is 0.837 bits per heavy atom. The van der Waals surface area contributed by atoms with E-state index in [1.165, 1.54) is 38.5 Å². The van der Waals surface area contributed by atoms with Crippen LogP contribution in [0.15, 0.2) is 12.2 Å². The van der Waals surface area contributed by atoms with Gasteiger partial charge in [0.1, 0.15) is 12.4 Å². The average molecular weight is 611 g/mol. The standard InChI is InChI=1S/C35H62O8/c1-3-5-7-8-9-10-11-12-18-22-35(41)43-29(26-36)27-42-34(40)21-17-14-13-16-20-30-31(33(39)25-32(30)38)24-23-28(37)19-15-6-4-2/h23-24,28-32,36-38H,3-22,25-27H2,1-2H3/b24-23+/t28-,29-,30+,31+,32-/m0/s1. The van der Waals surface area contributed by atoms with Gasteiger partial charge in [0.25, 0.3) is 0 Å². The first-order chi connectivity index (χ1) is 20.8. The Labute approximate surface area is 261 Å². The van der Waals surface area contributed by atoms with Gasteiger partial charge in [-0.1, -0.05) is 116 Å². The molecule has 250 valence electrons. The summed E-state index contributed by atoms with van der Waals surface area (Å²) in [6.45, 7) is 3.80. The Balaban J connectivity index is 2.16. The number of hydrogen-bond donors (Lipinski definition) is 3. The SMILES string of the molecule is CCCCCCCCCCCC(=O)O[C@@H](CO)COC(=O)CCCCCC[C@H]1[C@@H](O)CC(=O)[C@@H]1/C=C/[C@@H](O)CCCCC. The highest BCUT2D eigenvalue weighted by atomic mass is 16.6. The second-order valence-corrected chi connectivity index (χ2v) is 12.4. The van der Waals surface area contributed by atoms with E-state index in [0.717, 1.165) is 64.2 Å². The van der Waals surface area contributed by atoms with Crippen molar-refractivity contribution in [1.29, 1.82) is 0 Å². The number of carbonyl (C=O) groups is 3. The minimum atomic E-state index is -0.838. The normalized spacial score (nSPS) is 20.0. The smallest absolute Gasteiger partial charge is 0.306 e. The number of ketones is 1. The summed E-state index contributed by atoms with van der Waals surface area (Å²) < 4.78 is 10.5. The van der Waals surface area contributed by atoms with Crippen LogP contribution in [0.25, 0.3) is 0 Å². The highest BCUT2D eigenvalue weighted by Gasteiger charge is 2.39. The number of unbranched alkanes of at least 4 members (excludes halogenated alkanes) is 13. The van der Waals surface area contributed by atoms with Crippen LogP contribution < -0.4 is 0 Å². The van der Waals surface area contributed by atoms with Crippen LogP contribution in [0.5, 0.6) is 0 Å². The first-order valence-electron chi connectivity index (χ1n) is 17.3. The Hall–Kier alpha value is -1.77. The first kappa shape index (κ1) is 39.3. The largest absolute Gasteiger partial charge is 0.462 e. The fourth-order valence-corrected chi connectivity index (χ4v) is 5.75. The van der Waals surface area contributed by atoms with Crippen LogP contribution in [0.2, 0.25) is 0 Å². The number of aliphatic hydroxyl groups excluding tert-OH is 3. The van der Waals surface area contributed by atoms with Crippen molar-refractivity contribution in [3.63, 3.8) is 0 Å². The van der Waals surface area contributed by atoms with Crippen LogP contribution in [0.3, 0.4) is 0 Å². The van der Waals surface area contributed by atoms with Gasteiger partial charge in [0.15, 0.2) is 6.10 Å². The van der Waals surface area contributed by atoms with Gasteiger partial charge in [-0.3, -0.25) is 14.4 Å². The summed E-state index contributed by atoms with van der Waals surface area (Å²) in [5.74, 6) is -1.19. The van der Waals surface area contributed by atoms with E-state index in [1.54, 1.807) is 12.2 Å². The zero-order valence-corrected chi connectivity index (χ0v) is 27.2. The molecule has 0 aliphatic heterocycles. The highest BCUT2D eigenvalue weighted by Crippen LogP contribution is 2.34. The molecule has 1 aliphatic carbocycles. The predicted molar refractivity (Wildman–Crippen MR) is 169 cm³/mol. The van der Waals surface area contributed by atoms with E-state index in [9.17, 15) is 29.7 Å². The molecule has 0 aromatic carbocycles. The van der Waals surface area contributed by atoms with Crippen LogP contribution in [0.4, 0.5) is 0 Å². The number of carbonyl (C=O) groups excluding carboxylic acids is 3. The molecule has 0 aromatic heterocycles. The summed E-state index contributed by atoms with van der Waals surface area (Å²) in [6, 6.07) is 0. The zero-order chi connectivity index (χ0) is 31.7. The fraction of sp³-hybridized carbons (Fsp3) is 0.857. The van der Waals surface area contributed by atoms with Crippen molar-refractivity contribution in [3.8, 4) is 0 Å². The molecule has 43 heavy (non-hydrogen) atoms. The molecule has 0 radical (unpaired) electrons. The molecule has 0 aromatic rings. The fourth-order valence-electron chi connectivity index (χ4n) is 5.75. The van der Waals surface area contributed by atoms with Crippen molar-refractivity contribution in [1.82, 2.24) is 0 Å². The topological polar surface area (TPSA) is 130 Å². The molecule has 5 atom stereocenters. The summed E-state index contributed by atoms with van der Waals surface area (Å²) in [5.41, 5.74) is 0. The molecule has 1 fully saturated rings. The van der Waals surface area contributed by atoms with Crippen LogP contribution in [0.1, 0.15) is 149 Å². The molecule has 1 aliphatic rings. The summed E-state index contributed by atoms with van der Waals surface area (Å²) >= 11 is 0. The second kappa shape index (κ2) is 25.5. The Morgan fingerprint density at radius 3 is 2.02 bits per heavy atom. The molecule has 0 spiro atoms. The van der Waals surface area contributed by atoms with Gasteiger partial charge < -0.3 is 24.8 Å². The van der Waals surface area contributed by atoms with Crippen LogP contribution >= 0.6 is 0 Å². The molecule has 0 amide bonds. The minimum Gasteiger partial charge on any atom is -0.462 e. The molecule has 0 heterocycles. The number of allylic oxidation sites excluding steroid dienone is 1. The quantitative estimate of drug-likeness (QED) is 0.0528. The highest BCUT2D eigenvalue weighted by molar-refractivity contribution is 5.86. The van der Waals surface area contributed by atoms with Gasteiger partial charge in [-0.05, 0) is 31.6 Å². The summed E-state index contributed by atoms with van der Waals surface area (Å²) in [4.78, 5) is 36.6. The molecule has 8 nitrogen and oxygen atoms in total. The van der Waals surface area contributed by atoms with Crippen molar-refractivity contribution >= 4 is 17.7 Å². The second-order valence-electron chi connectivity index (χ2n) is 12.4. The van der Waals surface area contributed by atoms with Gasteiger partial charge in [0.2, 0.25) is 0 Å². The molecule has 0 saturated heterocycles. The van der Waals surface area contributed by atoms with Crippen LogP contribution in [0, 0.1) is 11.8 Å². The van der Waals surface area contributed by atoms with E-state index in [4.69, 9.17) is 9.47 Å². The molecular formula is C35H62O8. The zero-order valence-electron chi connectivity index (χ0n) is 27.2. The molecule has 1 saturated carbocycles. The lowest BCUT2D eigenvalue weighted by Gasteiger charge is -2.19. The lowest BCUT2D eigenvalue weighted by Crippen LogP contribution is -2.28. The maximum absolute atomic E-state index is 12.4. The van der Waals surface area contributed by atoms with E-state index in [1.807, 2.05) is 0 Å². The van der Waals surface area contributed by atoms with Gasteiger partial charge in [-0.2, -0.15) is 0 Å². The minimum absolute atomic E-state index is 0.0348. The Kier molecular flexibility index (Phi) is 23.3. The van der Waals surface area contributed by atoms with Crippen LogP contribution in [-0.4, -0.2) is 64.6 Å². The third kappa shape index (κ3) is 19.3. The van der Waals surface area contributed by atoms with Crippen LogP contribution in [-0.2, 0) is 23.9 Å². The number of aliphatic hydroxyl groups is 3. The van der Waals surface area contributed by atoms with Crippen molar-refractivity contribution < 1.29 is 39.2 Å². The maximum Gasteiger partial charge on any atom is 0.306 e. The van der Waals surface area contributed by atoms with E-state index >= 15 is 0 Å². The first-order valence-corrected chi connectivity index (χ1v) is 17.3. The lowest BCUT2D eigenvalue weighted by molar-refractivity contribution is -0.161. The third-order valence-corrected chi connectivity index (χ3v) is 8.47. The van der Waals surface area contributed by atoms with Gasteiger partial charge in [0.05, 0.1) is 18.8 Å². The molecule has 8 heteroatoms. The Bertz CT molecular complexity index is 767. The van der Waals surface area contributed by atoms with Crippen molar-refractivity contribution in [2.24, 2.45) is 11.8 Å². The summed E-state index contributed by atoms with van der Waals surface area (Å²) in [6.07, 6.45) is 20.4. The molecule has 0 bridgehead atoms. The van der Waals surface area contributed by atoms with Crippen molar-refractivity contribution in [3.05, 3.63) is 12.2 Å². The monoisotopic (exact) mass is 610 g/mol. The molecule has 1 rings (SSSR count). The predicted octanol–water partition coefficient (Wildman–Crippen LogP) is 6.76. The number of hydrogen-bond acceptors (Lipinski definition) is 8. The Morgan fingerprint density at radius 2 is 1.40 bits per heavy atom. The van der Waals surface area contributed by atoms with Gasteiger partial charge >= 0.3 is 11.9 Å². The number of Topliss-reactive ketones (excluding diaryl/α,β-unsaturated/α-hetero) is 1. The average Bonchev–Trinajstić information content (AvgIpc) is 3.26. The van der Waals surface area contributed by atoms with E-state index in [0.29, 0.717) is 19.3 Å². The number of rotatable bonds is 27. The summed E-state index contributed by atoms with van der Waals surface area (Å²) in [7, 11) is 0. The van der Waals surface area contributed by atoms with Gasteiger partial charge in [-0.15, -0.1) is 0 Å². The number of ether oxygens (including phenoxy) is 2. The maximum atomic E-state index is 12.4. The van der Waals surface area contributed by atoms with Crippen molar-refractivity contribution in [2.75, 3.05) is 13.2 Å². The lowest BCUT2D eigenvalue weighted by atomic mass is 9.88. The molecular weight excluding hydrogens is 548 g/mol. The number of esters is 2. The van der Waals surface area contributed by atoms with Gasteiger partial charge in [0, 0.05) is 25.2 Å².